The molecule has 1 amide bonds. The zero-order valence-electron chi connectivity index (χ0n) is 9.89. The first kappa shape index (κ1) is 6.02. The van der Waals surface area contributed by atoms with Gasteiger partial charge >= 0.3 is 10.2 Å². The molecule has 2 rings (SSSR count). The molecule has 1 aliphatic rings. The Bertz CT molecular complexity index is 582. The number of hydrogen-bond donors (Lipinski definition) is 1. The van der Waals surface area contributed by atoms with Crippen molar-refractivity contribution in [2.24, 2.45) is 0 Å². The molecule has 0 radical (unpaired) electrons. The Kier molecular flexibility index (Phi) is 1.17. The number of carbonyl (C=O) groups is 1. The average molecular weight is 215 g/mol. The summed E-state index contributed by atoms with van der Waals surface area (Å²) in [6.07, 6.45) is 0. The molecular weight excluding hydrogens is 204 g/mol. The van der Waals surface area contributed by atoms with Crippen molar-refractivity contribution in [3.05, 3.63) is 29.8 Å². The molecule has 14 heavy (non-hydrogen) atoms. The smallest absolute Gasteiger partial charge is 0.268 e. The maximum absolute atomic E-state index is 11.8. The summed E-state index contributed by atoms with van der Waals surface area (Å²) in [7, 11) is -4.37. The van der Waals surface area contributed by atoms with Crippen LogP contribution in [0.5, 0.6) is 0 Å². The number of nitrogens with zero attached hydrogens (tertiary/aromatic N) is 1. The lowest BCUT2D eigenvalue weighted by Gasteiger charge is -2.25. The maximum Gasteiger partial charge on any atom is 0.326 e. The minimum Gasteiger partial charge on any atom is -0.268 e. The van der Waals surface area contributed by atoms with Gasteiger partial charge in [0, 0.05) is 11.1 Å². The molecular formula is C8H8N2O3S. The maximum atomic E-state index is 11.8. The Balaban J connectivity index is 2.64. The zero-order chi connectivity index (χ0) is 12.8. The summed E-state index contributed by atoms with van der Waals surface area (Å²) < 4.78 is 46.4. The number of nitrogens with one attached hydrogen (secondary N) is 1. The Hall–Kier alpha value is -1.56. The fraction of sp³-hybridized carbons (Fsp3) is 0.125. The van der Waals surface area contributed by atoms with E-state index in [1.807, 2.05) is 4.72 Å². The predicted molar refractivity (Wildman–Crippen MR) is 51.1 cm³/mol. The number of carbonyl (C=O) groups excluding carboxylic acids is 1. The number of fused-ring (bicyclic) bond motifs is 1. The van der Waals surface area contributed by atoms with Gasteiger partial charge in [-0.1, -0.05) is 12.1 Å². The largest absolute Gasteiger partial charge is 0.326 e. The summed E-state index contributed by atoms with van der Waals surface area (Å²) in [4.78, 5) is 11.8. The molecule has 1 N–H and O–H groups in total. The van der Waals surface area contributed by atoms with Crippen LogP contribution in [0.1, 0.15) is 14.5 Å². The predicted octanol–water partition coefficient (Wildman–Crippen LogP) is 0.429. The van der Waals surface area contributed by atoms with E-state index in [0.29, 0.717) is 0 Å². The molecule has 0 saturated carbocycles. The number of rotatable bonds is 0. The highest BCUT2D eigenvalue weighted by Crippen LogP contribution is 2.24. The molecule has 0 spiro atoms. The van der Waals surface area contributed by atoms with Crippen LogP contribution in [0.3, 0.4) is 0 Å². The molecule has 1 aromatic carbocycles. The first-order valence-electron chi connectivity index (χ1n) is 5.20. The SMILES string of the molecule is [2H]C([2H])([2H])N1C(=O)c2ccccc2NS1(=O)=O. The van der Waals surface area contributed by atoms with Crippen molar-refractivity contribution in [3.63, 3.8) is 0 Å². The van der Waals surface area contributed by atoms with E-state index in [-0.39, 0.29) is 15.6 Å². The quantitative estimate of drug-likeness (QED) is 0.682. The molecule has 0 atom stereocenters. The van der Waals surface area contributed by atoms with E-state index < -0.39 is 23.1 Å². The summed E-state index contributed by atoms with van der Waals surface area (Å²) in [5.74, 6) is -1.06. The minimum atomic E-state index is -4.37. The highest BCUT2D eigenvalue weighted by atomic mass is 32.2. The van der Waals surface area contributed by atoms with Crippen molar-refractivity contribution in [2.75, 3.05) is 11.7 Å². The van der Waals surface area contributed by atoms with Crippen molar-refractivity contribution in [1.82, 2.24) is 4.31 Å². The molecule has 1 aromatic rings. The van der Waals surface area contributed by atoms with Gasteiger partial charge in [0.1, 0.15) is 0 Å². The first-order valence-corrected chi connectivity index (χ1v) is 5.14. The summed E-state index contributed by atoms with van der Waals surface area (Å²) >= 11 is 0. The van der Waals surface area contributed by atoms with E-state index >= 15 is 0 Å². The monoisotopic (exact) mass is 215 g/mol. The molecule has 0 aliphatic carbocycles. The lowest BCUT2D eigenvalue weighted by atomic mass is 10.2. The van der Waals surface area contributed by atoms with Gasteiger partial charge in [-0.25, -0.2) is 4.31 Å². The van der Waals surface area contributed by atoms with Crippen LogP contribution in [0.15, 0.2) is 24.3 Å². The number of para-hydroxylation sites is 1. The standard InChI is InChI=1S/C8H8N2O3S/c1-10-8(11)6-4-2-3-5-7(6)9-14(10,12)13/h2-5,9H,1H3/i1D3. The summed E-state index contributed by atoms with van der Waals surface area (Å²) in [6.45, 7) is -3.05. The average Bonchev–Trinajstić information content (AvgIpc) is 2.13. The van der Waals surface area contributed by atoms with Crippen LogP contribution in [0, 0.1) is 0 Å². The van der Waals surface area contributed by atoms with E-state index in [1.54, 1.807) is 6.07 Å². The van der Waals surface area contributed by atoms with Crippen LogP contribution < -0.4 is 4.72 Å². The van der Waals surface area contributed by atoms with Gasteiger partial charge in [0.25, 0.3) is 5.91 Å². The number of anilines is 1. The first-order chi connectivity index (χ1) is 7.73. The molecule has 0 saturated heterocycles. The molecule has 0 unspecified atom stereocenters. The fourth-order valence-corrected chi connectivity index (χ4v) is 2.03. The van der Waals surface area contributed by atoms with E-state index in [4.69, 9.17) is 4.11 Å². The van der Waals surface area contributed by atoms with Crippen molar-refractivity contribution < 1.29 is 17.3 Å². The van der Waals surface area contributed by atoms with Crippen molar-refractivity contribution in [2.45, 2.75) is 0 Å². The van der Waals surface area contributed by atoms with Crippen molar-refractivity contribution in [3.8, 4) is 0 Å². The van der Waals surface area contributed by atoms with E-state index in [1.165, 1.54) is 18.2 Å². The normalized spacial score (nSPS) is 22.7. The highest BCUT2D eigenvalue weighted by molar-refractivity contribution is 7.91. The van der Waals surface area contributed by atoms with Gasteiger partial charge in [-0.05, 0) is 12.1 Å². The molecule has 0 bridgehead atoms. The molecule has 1 aliphatic heterocycles. The summed E-state index contributed by atoms with van der Waals surface area (Å²) in [5, 5.41) is 0. The second-order valence-corrected chi connectivity index (χ2v) is 4.24. The van der Waals surface area contributed by atoms with Crippen LogP contribution in [0.2, 0.25) is 0 Å². The highest BCUT2D eigenvalue weighted by Gasteiger charge is 2.31. The second-order valence-electron chi connectivity index (χ2n) is 2.72. The van der Waals surface area contributed by atoms with E-state index in [0.717, 1.165) is 0 Å². The van der Waals surface area contributed by atoms with Gasteiger partial charge in [0.15, 0.2) is 0 Å². The number of amides is 1. The van der Waals surface area contributed by atoms with Gasteiger partial charge in [-0.2, -0.15) is 8.42 Å². The Morgan fingerprint density at radius 2 is 2.14 bits per heavy atom. The lowest BCUT2D eigenvalue weighted by Crippen LogP contribution is -2.41. The lowest BCUT2D eigenvalue weighted by molar-refractivity contribution is 0.0882. The fourth-order valence-electron chi connectivity index (χ4n) is 1.16. The molecule has 74 valence electrons. The van der Waals surface area contributed by atoms with E-state index in [9.17, 15) is 13.2 Å². The zero-order valence-corrected chi connectivity index (χ0v) is 7.71. The number of hydrogen-bond acceptors (Lipinski definition) is 3. The third kappa shape index (κ3) is 1.15. The summed E-state index contributed by atoms with van der Waals surface area (Å²) in [5.41, 5.74) is 0.0939. The van der Waals surface area contributed by atoms with Crippen LogP contribution in [0.4, 0.5) is 5.69 Å². The molecule has 0 fully saturated rings. The second kappa shape index (κ2) is 2.71. The third-order valence-corrected chi connectivity index (χ3v) is 2.95. The van der Waals surface area contributed by atoms with Gasteiger partial charge in [0.05, 0.1) is 11.3 Å². The topological polar surface area (TPSA) is 66.5 Å². The van der Waals surface area contributed by atoms with Gasteiger partial charge in [-0.15, -0.1) is 0 Å². The molecule has 0 aromatic heterocycles. The van der Waals surface area contributed by atoms with Crippen molar-refractivity contribution >= 4 is 21.8 Å². The molecule has 1 heterocycles. The van der Waals surface area contributed by atoms with Crippen LogP contribution >= 0.6 is 0 Å². The Morgan fingerprint density at radius 1 is 1.43 bits per heavy atom. The van der Waals surface area contributed by atoms with Crippen LogP contribution in [-0.4, -0.2) is 25.6 Å². The Morgan fingerprint density at radius 3 is 2.86 bits per heavy atom. The van der Waals surface area contributed by atoms with Crippen LogP contribution in [0.25, 0.3) is 0 Å². The van der Waals surface area contributed by atoms with Gasteiger partial charge in [-0.3, -0.25) is 9.52 Å². The van der Waals surface area contributed by atoms with Crippen LogP contribution in [-0.2, 0) is 10.2 Å². The van der Waals surface area contributed by atoms with Gasteiger partial charge < -0.3 is 0 Å². The van der Waals surface area contributed by atoms with Gasteiger partial charge in [0.2, 0.25) is 0 Å². The minimum absolute atomic E-state index is 0.0125. The molecule has 6 heteroatoms. The van der Waals surface area contributed by atoms with E-state index in [2.05, 4.69) is 0 Å². The Labute approximate surface area is 85.7 Å². The number of benzene rings is 1. The summed E-state index contributed by atoms with van der Waals surface area (Å²) in [6, 6.07) is 5.81. The molecule has 5 nitrogen and oxygen atoms in total. The third-order valence-electron chi connectivity index (χ3n) is 1.82. The van der Waals surface area contributed by atoms with Crippen molar-refractivity contribution in [1.29, 1.82) is 0 Å².